The minimum Gasteiger partial charge on any atom is -0.495 e. The number of rotatable bonds is 6. The molecule has 0 unspecified atom stereocenters. The first-order valence-electron chi connectivity index (χ1n) is 11.1. The third-order valence-electron chi connectivity index (χ3n) is 5.76. The van der Waals surface area contributed by atoms with Crippen molar-refractivity contribution >= 4 is 34.0 Å². The second kappa shape index (κ2) is 10.2. The minimum absolute atomic E-state index is 0.319. The fourth-order valence-corrected chi connectivity index (χ4v) is 5.26. The Balaban J connectivity index is 1.53. The second-order valence-electron chi connectivity index (χ2n) is 7.92. The molecule has 5 rings (SSSR count). The molecule has 3 aromatic rings. The van der Waals surface area contributed by atoms with Crippen LogP contribution in [0.4, 0.5) is 11.1 Å². The van der Waals surface area contributed by atoms with Gasteiger partial charge >= 0.3 is 0 Å². The van der Waals surface area contributed by atoms with E-state index in [9.17, 15) is 0 Å². The molecule has 8 nitrogen and oxygen atoms in total. The molecule has 0 atom stereocenters. The zero-order valence-corrected chi connectivity index (χ0v) is 20.0. The van der Waals surface area contributed by atoms with Crippen LogP contribution in [0, 0.1) is 0 Å². The molecule has 2 aliphatic rings. The van der Waals surface area contributed by atoms with E-state index >= 15 is 0 Å². The van der Waals surface area contributed by atoms with Gasteiger partial charge in [-0.2, -0.15) is 0 Å². The Hall–Kier alpha value is -2.46. The van der Waals surface area contributed by atoms with Gasteiger partial charge in [0, 0.05) is 44.1 Å². The lowest BCUT2D eigenvalue weighted by molar-refractivity contribution is 0.0903. The van der Waals surface area contributed by atoms with Crippen molar-refractivity contribution < 1.29 is 14.2 Å². The number of nitrogens with zero attached hydrogens (tertiary/aromatic N) is 4. The van der Waals surface area contributed by atoms with E-state index in [1.165, 1.54) is 0 Å². The lowest BCUT2D eigenvalue weighted by Gasteiger charge is -2.26. The molecule has 174 valence electrons. The van der Waals surface area contributed by atoms with Gasteiger partial charge in [-0.3, -0.25) is 0 Å². The van der Waals surface area contributed by atoms with Crippen molar-refractivity contribution in [3.63, 3.8) is 0 Å². The molecule has 33 heavy (non-hydrogen) atoms. The molecule has 2 fully saturated rings. The summed E-state index contributed by atoms with van der Waals surface area (Å²) < 4.78 is 16.4. The Morgan fingerprint density at radius 2 is 1.88 bits per heavy atom. The first-order valence-corrected chi connectivity index (χ1v) is 12.3. The molecule has 0 aliphatic carbocycles. The number of ether oxygens (including phenoxy) is 3. The van der Waals surface area contributed by atoms with Gasteiger partial charge in [-0.1, -0.05) is 29.0 Å². The molecule has 0 saturated carbocycles. The van der Waals surface area contributed by atoms with Gasteiger partial charge in [0.25, 0.3) is 0 Å². The number of morpholine rings is 1. The average molecular weight is 488 g/mol. The summed E-state index contributed by atoms with van der Waals surface area (Å²) in [6.45, 7) is 4.56. The highest BCUT2D eigenvalue weighted by atomic mass is 35.5. The second-order valence-corrected chi connectivity index (χ2v) is 9.30. The predicted octanol–water partition coefficient (Wildman–Crippen LogP) is 4.36. The van der Waals surface area contributed by atoms with Crippen molar-refractivity contribution in [1.29, 1.82) is 0 Å². The highest BCUT2D eigenvalue weighted by Crippen LogP contribution is 2.41. The Morgan fingerprint density at radius 1 is 1.09 bits per heavy atom. The molecule has 1 N–H and O–H groups in total. The van der Waals surface area contributed by atoms with Gasteiger partial charge in [-0.25, -0.2) is 15.0 Å². The maximum atomic E-state index is 6.28. The van der Waals surface area contributed by atoms with Crippen molar-refractivity contribution in [2.24, 2.45) is 0 Å². The number of halogens is 1. The number of methoxy groups -OCH3 is 1. The Bertz CT molecular complexity index is 1100. The van der Waals surface area contributed by atoms with Crippen LogP contribution >= 0.6 is 22.9 Å². The van der Waals surface area contributed by atoms with E-state index in [1.54, 1.807) is 24.6 Å². The summed E-state index contributed by atoms with van der Waals surface area (Å²) in [4.78, 5) is 17.6. The summed E-state index contributed by atoms with van der Waals surface area (Å²) >= 11 is 7.91. The molecule has 10 heteroatoms. The average Bonchev–Trinajstić information content (AvgIpc) is 3.31. The smallest absolute Gasteiger partial charge is 0.223 e. The molecule has 2 saturated heterocycles. The van der Waals surface area contributed by atoms with Crippen molar-refractivity contribution in [2.45, 2.75) is 18.9 Å². The van der Waals surface area contributed by atoms with Crippen LogP contribution in [-0.2, 0) is 9.47 Å². The Morgan fingerprint density at radius 3 is 2.67 bits per heavy atom. The molecule has 4 heterocycles. The number of thiazole rings is 1. The van der Waals surface area contributed by atoms with Crippen molar-refractivity contribution in [3.05, 3.63) is 35.5 Å². The largest absolute Gasteiger partial charge is 0.495 e. The zero-order chi connectivity index (χ0) is 22.6. The Labute approximate surface area is 201 Å². The molecule has 0 spiro atoms. The van der Waals surface area contributed by atoms with Crippen LogP contribution < -0.4 is 15.0 Å². The quantitative estimate of drug-likeness (QED) is 0.549. The molecular formula is C23H26ClN5O3S. The fourth-order valence-electron chi connectivity index (χ4n) is 3.95. The molecular weight excluding hydrogens is 462 g/mol. The topological polar surface area (TPSA) is 81.6 Å². The maximum absolute atomic E-state index is 6.28. The fraction of sp³-hybridized carbons (Fsp3) is 0.435. The van der Waals surface area contributed by atoms with Crippen LogP contribution in [0.3, 0.4) is 0 Å². The van der Waals surface area contributed by atoms with Gasteiger partial charge in [-0.15, -0.1) is 0 Å². The molecule has 0 radical (unpaired) electrons. The van der Waals surface area contributed by atoms with Gasteiger partial charge < -0.3 is 24.4 Å². The molecule has 2 aromatic heterocycles. The van der Waals surface area contributed by atoms with Crippen LogP contribution in [0.15, 0.2) is 30.5 Å². The van der Waals surface area contributed by atoms with Gasteiger partial charge in [-0.05, 0) is 31.0 Å². The molecule has 0 bridgehead atoms. The van der Waals surface area contributed by atoms with E-state index < -0.39 is 0 Å². The summed E-state index contributed by atoms with van der Waals surface area (Å²) in [7, 11) is 1.62. The molecule has 1 aromatic carbocycles. The predicted molar refractivity (Wildman–Crippen MR) is 131 cm³/mol. The number of nitrogens with one attached hydrogen (secondary N) is 1. The minimum atomic E-state index is 0.319. The number of anilines is 2. The maximum Gasteiger partial charge on any atom is 0.223 e. The van der Waals surface area contributed by atoms with Crippen LogP contribution in [0.25, 0.3) is 21.8 Å². The summed E-state index contributed by atoms with van der Waals surface area (Å²) in [5.74, 6) is 1.24. The third kappa shape index (κ3) is 5.06. The standard InChI is InChI=1S/C23H26ClN5O3S/c1-30-19-14-15(2-3-17(19)24)20-21(33-23(28-20)29-8-12-32-13-9-29)18-4-7-25-22(27-18)26-16-5-10-31-11-6-16/h2-4,7,14,16H,5-6,8-13H2,1H3,(H,25,26,27). The summed E-state index contributed by atoms with van der Waals surface area (Å²) in [6, 6.07) is 7.98. The molecule has 2 aliphatic heterocycles. The number of hydrogen-bond donors (Lipinski definition) is 1. The molecule has 0 amide bonds. The number of benzene rings is 1. The first kappa shape index (κ1) is 22.3. The van der Waals surface area contributed by atoms with Crippen LogP contribution in [0.1, 0.15) is 12.8 Å². The van der Waals surface area contributed by atoms with Crippen molar-refractivity contribution in [1.82, 2.24) is 15.0 Å². The summed E-state index contributed by atoms with van der Waals surface area (Å²) in [6.07, 6.45) is 3.70. The number of hydrogen-bond acceptors (Lipinski definition) is 9. The van der Waals surface area contributed by atoms with Crippen LogP contribution in [-0.4, -0.2) is 67.6 Å². The van der Waals surface area contributed by atoms with Crippen molar-refractivity contribution in [3.8, 4) is 27.6 Å². The monoisotopic (exact) mass is 487 g/mol. The summed E-state index contributed by atoms with van der Waals surface area (Å²) in [5, 5.41) is 4.98. The normalized spacial score (nSPS) is 17.2. The first-order chi connectivity index (χ1) is 16.2. The third-order valence-corrected chi connectivity index (χ3v) is 7.22. The van der Waals surface area contributed by atoms with E-state index in [-0.39, 0.29) is 0 Å². The lowest BCUT2D eigenvalue weighted by Crippen LogP contribution is -2.36. The summed E-state index contributed by atoms with van der Waals surface area (Å²) in [5.41, 5.74) is 2.62. The zero-order valence-electron chi connectivity index (χ0n) is 18.4. The van der Waals surface area contributed by atoms with Crippen LogP contribution in [0.2, 0.25) is 5.02 Å². The van der Waals surface area contributed by atoms with Gasteiger partial charge in [0.15, 0.2) is 5.13 Å². The van der Waals surface area contributed by atoms with E-state index in [0.717, 1.165) is 66.1 Å². The highest BCUT2D eigenvalue weighted by Gasteiger charge is 2.23. The highest BCUT2D eigenvalue weighted by molar-refractivity contribution is 7.19. The van der Waals surface area contributed by atoms with Gasteiger partial charge in [0.2, 0.25) is 5.95 Å². The Kier molecular flexibility index (Phi) is 6.91. The SMILES string of the molecule is COc1cc(-c2nc(N3CCOCC3)sc2-c2ccnc(NC3CCOCC3)n2)ccc1Cl. The van der Waals surface area contributed by atoms with Gasteiger partial charge in [0.1, 0.15) is 5.75 Å². The lowest BCUT2D eigenvalue weighted by atomic mass is 10.1. The van der Waals surface area contributed by atoms with Crippen LogP contribution in [0.5, 0.6) is 5.75 Å². The van der Waals surface area contributed by atoms with E-state index in [1.807, 2.05) is 24.3 Å². The number of aromatic nitrogens is 3. The van der Waals surface area contributed by atoms with E-state index in [4.69, 9.17) is 35.8 Å². The van der Waals surface area contributed by atoms with E-state index in [0.29, 0.717) is 36.0 Å². The van der Waals surface area contributed by atoms with Crippen molar-refractivity contribution in [2.75, 3.05) is 56.8 Å². The van der Waals surface area contributed by atoms with E-state index in [2.05, 4.69) is 15.2 Å². The van der Waals surface area contributed by atoms with Gasteiger partial charge in [0.05, 0.1) is 41.6 Å².